The first-order valence-electron chi connectivity index (χ1n) is 10.8. The van der Waals surface area contributed by atoms with Gasteiger partial charge in [0.25, 0.3) is 5.89 Å². The van der Waals surface area contributed by atoms with Crippen molar-refractivity contribution in [2.24, 2.45) is 12.0 Å². The molecule has 0 spiro atoms. The molecule has 0 radical (unpaired) electrons. The Morgan fingerprint density at radius 1 is 1.29 bits per heavy atom. The van der Waals surface area contributed by atoms with E-state index in [4.69, 9.17) is 4.52 Å². The molecule has 1 atom stereocenters. The normalized spacial score (nSPS) is 12.8. The molecule has 0 amide bonds. The lowest BCUT2D eigenvalue weighted by molar-refractivity contribution is 0.422. The highest BCUT2D eigenvalue weighted by molar-refractivity contribution is 5.80. The van der Waals surface area contributed by atoms with Crippen LogP contribution in [0.2, 0.25) is 0 Å². The van der Waals surface area contributed by atoms with Gasteiger partial charge in [0.05, 0.1) is 5.69 Å². The quantitative estimate of drug-likeness (QED) is 0.426. The summed E-state index contributed by atoms with van der Waals surface area (Å²) in [6.07, 6.45) is 2.70. The minimum Gasteiger partial charge on any atom is -0.354 e. The zero-order chi connectivity index (χ0) is 22.4. The molecule has 0 aliphatic rings. The van der Waals surface area contributed by atoms with Crippen LogP contribution in [-0.2, 0) is 26.4 Å². The van der Waals surface area contributed by atoms with E-state index >= 15 is 0 Å². The van der Waals surface area contributed by atoms with Gasteiger partial charge in [-0.15, -0.1) is 0 Å². The van der Waals surface area contributed by atoms with Crippen molar-refractivity contribution in [3.05, 3.63) is 52.6 Å². The summed E-state index contributed by atoms with van der Waals surface area (Å²) < 4.78 is 7.35. The standard InChI is InChI=1S/C23H33N7O/c1-7-9-21-27-22(31-29-21)19-11-8-10-18(13-19)14-25-23(24-5)26-15(2)12-20-16(3)28-30(6)17(20)4/h8,10-11,13,15H,7,9,12,14H2,1-6H3,(H2,24,25,26). The number of rotatable bonds is 8. The van der Waals surface area contributed by atoms with Gasteiger partial charge in [0.15, 0.2) is 11.8 Å². The first-order valence-corrected chi connectivity index (χ1v) is 10.8. The van der Waals surface area contributed by atoms with Crippen LogP contribution in [0, 0.1) is 13.8 Å². The summed E-state index contributed by atoms with van der Waals surface area (Å²) in [6, 6.07) is 8.34. The van der Waals surface area contributed by atoms with Gasteiger partial charge in [-0.2, -0.15) is 10.1 Å². The Labute approximate surface area is 184 Å². The molecule has 0 fully saturated rings. The average Bonchev–Trinajstić information content (AvgIpc) is 3.32. The number of aryl methyl sites for hydroxylation is 3. The summed E-state index contributed by atoms with van der Waals surface area (Å²) in [4.78, 5) is 8.85. The van der Waals surface area contributed by atoms with Gasteiger partial charge < -0.3 is 15.2 Å². The fourth-order valence-corrected chi connectivity index (χ4v) is 3.59. The monoisotopic (exact) mass is 423 g/mol. The van der Waals surface area contributed by atoms with Crippen LogP contribution < -0.4 is 10.6 Å². The number of benzene rings is 1. The van der Waals surface area contributed by atoms with Crippen LogP contribution in [0.4, 0.5) is 0 Å². The van der Waals surface area contributed by atoms with Crippen LogP contribution >= 0.6 is 0 Å². The molecule has 0 bridgehead atoms. The van der Waals surface area contributed by atoms with Crippen molar-refractivity contribution in [1.29, 1.82) is 0 Å². The van der Waals surface area contributed by atoms with E-state index in [9.17, 15) is 0 Å². The van der Waals surface area contributed by atoms with E-state index in [0.29, 0.717) is 12.4 Å². The number of guanidine groups is 1. The molecule has 3 aromatic rings. The van der Waals surface area contributed by atoms with Crippen molar-refractivity contribution < 1.29 is 4.52 Å². The number of nitrogens with zero attached hydrogens (tertiary/aromatic N) is 5. The third-order valence-corrected chi connectivity index (χ3v) is 5.35. The van der Waals surface area contributed by atoms with Crippen LogP contribution in [0.15, 0.2) is 33.8 Å². The van der Waals surface area contributed by atoms with Gasteiger partial charge in [0.1, 0.15) is 0 Å². The van der Waals surface area contributed by atoms with Crippen molar-refractivity contribution in [3.63, 3.8) is 0 Å². The van der Waals surface area contributed by atoms with Crippen molar-refractivity contribution in [2.75, 3.05) is 7.05 Å². The summed E-state index contributed by atoms with van der Waals surface area (Å²) in [7, 11) is 3.77. The molecule has 2 N–H and O–H groups in total. The molecule has 0 aliphatic heterocycles. The van der Waals surface area contributed by atoms with Crippen LogP contribution in [-0.4, -0.2) is 39.0 Å². The van der Waals surface area contributed by atoms with E-state index in [1.54, 1.807) is 7.05 Å². The predicted octanol–water partition coefficient (Wildman–Crippen LogP) is 3.34. The van der Waals surface area contributed by atoms with Crippen LogP contribution in [0.1, 0.15) is 48.6 Å². The Balaban J connectivity index is 1.59. The van der Waals surface area contributed by atoms with E-state index < -0.39 is 0 Å². The Hall–Kier alpha value is -3.16. The number of hydrogen-bond acceptors (Lipinski definition) is 5. The van der Waals surface area contributed by atoms with E-state index in [1.807, 2.05) is 23.9 Å². The molecule has 166 valence electrons. The fraction of sp³-hybridized carbons (Fsp3) is 0.478. The lowest BCUT2D eigenvalue weighted by atomic mass is 10.1. The maximum absolute atomic E-state index is 5.41. The van der Waals surface area contributed by atoms with Gasteiger partial charge >= 0.3 is 0 Å². The molecule has 2 heterocycles. The van der Waals surface area contributed by atoms with Gasteiger partial charge in [-0.05, 0) is 56.9 Å². The highest BCUT2D eigenvalue weighted by Crippen LogP contribution is 2.19. The molecule has 1 aromatic carbocycles. The zero-order valence-corrected chi connectivity index (χ0v) is 19.4. The van der Waals surface area contributed by atoms with Crippen molar-refractivity contribution in [2.45, 2.75) is 59.5 Å². The Bertz CT molecular complexity index is 1030. The summed E-state index contributed by atoms with van der Waals surface area (Å²) in [5.74, 6) is 2.07. The van der Waals surface area contributed by atoms with E-state index in [-0.39, 0.29) is 6.04 Å². The summed E-state index contributed by atoms with van der Waals surface area (Å²) in [6.45, 7) is 9.06. The molecular formula is C23H33N7O. The largest absolute Gasteiger partial charge is 0.354 e. The van der Waals surface area contributed by atoms with Crippen molar-refractivity contribution in [1.82, 2.24) is 30.6 Å². The van der Waals surface area contributed by atoms with Crippen LogP contribution in [0.3, 0.4) is 0 Å². The molecule has 0 saturated heterocycles. The highest BCUT2D eigenvalue weighted by atomic mass is 16.5. The Morgan fingerprint density at radius 2 is 2.10 bits per heavy atom. The second kappa shape index (κ2) is 10.2. The molecule has 31 heavy (non-hydrogen) atoms. The predicted molar refractivity (Wildman–Crippen MR) is 123 cm³/mol. The highest BCUT2D eigenvalue weighted by Gasteiger charge is 2.14. The van der Waals surface area contributed by atoms with Crippen LogP contribution in [0.5, 0.6) is 0 Å². The van der Waals surface area contributed by atoms with Crippen molar-refractivity contribution in [3.8, 4) is 11.5 Å². The molecule has 0 aliphatic carbocycles. The van der Waals surface area contributed by atoms with Crippen LogP contribution in [0.25, 0.3) is 11.5 Å². The average molecular weight is 424 g/mol. The van der Waals surface area contributed by atoms with E-state index in [1.165, 1.54) is 11.3 Å². The maximum atomic E-state index is 5.41. The SMILES string of the molecule is CCCc1noc(-c2cccc(CNC(=NC)NC(C)Cc3c(C)nn(C)c3C)c2)n1. The molecule has 2 aromatic heterocycles. The molecule has 0 saturated carbocycles. The molecular weight excluding hydrogens is 390 g/mol. The second-order valence-corrected chi connectivity index (χ2v) is 7.91. The maximum Gasteiger partial charge on any atom is 0.257 e. The molecule has 8 nitrogen and oxygen atoms in total. The Kier molecular flexibility index (Phi) is 7.44. The number of aliphatic imine (C=N–C) groups is 1. The molecule has 8 heteroatoms. The van der Waals surface area contributed by atoms with E-state index in [2.05, 4.69) is 70.7 Å². The topological polar surface area (TPSA) is 93.2 Å². The van der Waals surface area contributed by atoms with Crippen molar-refractivity contribution >= 4 is 5.96 Å². The fourth-order valence-electron chi connectivity index (χ4n) is 3.59. The van der Waals surface area contributed by atoms with Gasteiger partial charge in [-0.1, -0.05) is 24.2 Å². The number of hydrogen-bond donors (Lipinski definition) is 2. The first kappa shape index (κ1) is 22.5. The third kappa shape index (κ3) is 5.71. The lowest BCUT2D eigenvalue weighted by Gasteiger charge is -2.18. The van der Waals surface area contributed by atoms with Gasteiger partial charge in [-0.25, -0.2) is 0 Å². The molecule has 3 rings (SSSR count). The minimum atomic E-state index is 0.217. The number of nitrogens with one attached hydrogen (secondary N) is 2. The summed E-state index contributed by atoms with van der Waals surface area (Å²) >= 11 is 0. The van der Waals surface area contributed by atoms with E-state index in [0.717, 1.165) is 47.9 Å². The minimum absolute atomic E-state index is 0.217. The Morgan fingerprint density at radius 3 is 2.77 bits per heavy atom. The molecule has 1 unspecified atom stereocenters. The van der Waals surface area contributed by atoms with Gasteiger partial charge in [0, 0.05) is 44.4 Å². The van der Waals surface area contributed by atoms with Gasteiger partial charge in [0.2, 0.25) is 0 Å². The number of aromatic nitrogens is 4. The third-order valence-electron chi connectivity index (χ3n) is 5.35. The second-order valence-electron chi connectivity index (χ2n) is 7.91. The smallest absolute Gasteiger partial charge is 0.257 e. The lowest BCUT2D eigenvalue weighted by Crippen LogP contribution is -2.42. The van der Waals surface area contributed by atoms with Gasteiger partial charge in [-0.3, -0.25) is 9.67 Å². The zero-order valence-electron chi connectivity index (χ0n) is 19.4. The summed E-state index contributed by atoms with van der Waals surface area (Å²) in [5, 5.41) is 15.4. The first-order chi connectivity index (χ1) is 14.9. The summed E-state index contributed by atoms with van der Waals surface area (Å²) in [5.41, 5.74) is 5.61.